The molecule has 1 aliphatic carbocycles. The average Bonchev–Trinajstić information content (AvgIpc) is 3.29. The van der Waals surface area contributed by atoms with Crippen LogP contribution in [0.5, 0.6) is 0 Å². The molecule has 0 aliphatic heterocycles. The minimum Gasteiger partial charge on any atom is -0.253 e. The van der Waals surface area contributed by atoms with Crippen molar-refractivity contribution in [3.05, 3.63) is 40.8 Å². The molecule has 0 N–H and O–H groups in total. The quantitative estimate of drug-likeness (QED) is 0.318. The first kappa shape index (κ1) is 17.2. The highest BCUT2D eigenvalue weighted by molar-refractivity contribution is 7.99. The monoisotopic (exact) mass is 394 g/mol. The zero-order chi connectivity index (χ0) is 18.2. The Bertz CT molecular complexity index is 1100. The van der Waals surface area contributed by atoms with E-state index in [0.29, 0.717) is 0 Å². The first-order valence-corrected chi connectivity index (χ1v) is 11.5. The third-order valence-electron chi connectivity index (χ3n) is 5.19. The largest absolute Gasteiger partial charge is 0.253 e. The van der Waals surface area contributed by atoms with E-state index in [2.05, 4.69) is 45.8 Å². The van der Waals surface area contributed by atoms with Crippen LogP contribution in [0.4, 0.5) is 0 Å². The molecule has 1 aromatic carbocycles. The van der Waals surface area contributed by atoms with Gasteiger partial charge in [0, 0.05) is 16.2 Å². The lowest BCUT2D eigenvalue weighted by molar-refractivity contribution is 0.700. The van der Waals surface area contributed by atoms with E-state index in [1.54, 1.807) is 11.8 Å². The minimum atomic E-state index is 0.959. The summed E-state index contributed by atoms with van der Waals surface area (Å²) in [6.07, 6.45) is 7.24. The Labute approximate surface area is 167 Å². The van der Waals surface area contributed by atoms with Crippen LogP contribution in [0.15, 0.2) is 35.5 Å². The summed E-state index contributed by atoms with van der Waals surface area (Å²) < 4.78 is 2.19. The first-order valence-electron chi connectivity index (χ1n) is 9.74. The molecule has 4 aromatic rings. The normalized spacial score (nSPS) is 14.1. The maximum absolute atomic E-state index is 5.13. The molecule has 0 amide bonds. The molecule has 0 saturated heterocycles. The molecule has 0 unspecified atom stereocenters. The summed E-state index contributed by atoms with van der Waals surface area (Å²) in [6, 6.07) is 10.4. The number of hydrogen-bond donors (Lipinski definition) is 0. The Kier molecular flexibility index (Phi) is 4.61. The maximum Gasteiger partial charge on any atom is 0.197 e. The summed E-state index contributed by atoms with van der Waals surface area (Å²) in [5.41, 5.74) is 3.57. The minimum absolute atomic E-state index is 0.959. The Morgan fingerprint density at radius 3 is 2.81 bits per heavy atom. The van der Waals surface area contributed by atoms with Gasteiger partial charge >= 0.3 is 0 Å². The van der Waals surface area contributed by atoms with E-state index < -0.39 is 0 Å². The summed E-state index contributed by atoms with van der Waals surface area (Å²) in [5.74, 6) is 2.02. The number of fused-ring (bicyclic) bond motifs is 5. The van der Waals surface area contributed by atoms with Gasteiger partial charge in [-0.2, -0.15) is 0 Å². The van der Waals surface area contributed by atoms with Crippen LogP contribution >= 0.6 is 23.1 Å². The van der Waals surface area contributed by atoms with Gasteiger partial charge in [-0.25, -0.2) is 4.98 Å². The van der Waals surface area contributed by atoms with E-state index in [4.69, 9.17) is 4.98 Å². The van der Waals surface area contributed by atoms with E-state index >= 15 is 0 Å². The van der Waals surface area contributed by atoms with Crippen molar-refractivity contribution in [3.8, 4) is 11.4 Å². The molecule has 138 valence electrons. The lowest BCUT2D eigenvalue weighted by atomic mass is 9.97. The fourth-order valence-electron chi connectivity index (χ4n) is 3.81. The number of benzene rings is 1. The predicted octanol–water partition coefficient (Wildman–Crippen LogP) is 5.78. The predicted molar refractivity (Wildman–Crippen MR) is 114 cm³/mol. The highest BCUT2D eigenvalue weighted by Crippen LogP contribution is 2.39. The van der Waals surface area contributed by atoms with E-state index in [1.165, 1.54) is 47.9 Å². The zero-order valence-corrected chi connectivity index (χ0v) is 17.1. The molecule has 0 bridgehead atoms. The topological polar surface area (TPSA) is 43.1 Å². The number of rotatable bonds is 5. The van der Waals surface area contributed by atoms with Crippen LogP contribution in [-0.4, -0.2) is 25.3 Å². The molecular weight excluding hydrogens is 372 g/mol. The van der Waals surface area contributed by atoms with Gasteiger partial charge in [0.25, 0.3) is 0 Å². The molecular formula is C21H22N4S2. The fraction of sp³-hybridized carbons (Fsp3) is 0.381. The number of thiophene rings is 1. The Balaban J connectivity index is 1.78. The van der Waals surface area contributed by atoms with Crippen LogP contribution in [-0.2, 0) is 12.8 Å². The van der Waals surface area contributed by atoms with Gasteiger partial charge in [-0.1, -0.05) is 55.4 Å². The molecule has 27 heavy (non-hydrogen) atoms. The van der Waals surface area contributed by atoms with Gasteiger partial charge in [0.15, 0.2) is 10.8 Å². The Hall–Kier alpha value is -1.92. The van der Waals surface area contributed by atoms with Crippen LogP contribution in [0.2, 0.25) is 0 Å². The first-order chi connectivity index (χ1) is 13.4. The molecule has 0 saturated carbocycles. The van der Waals surface area contributed by atoms with Crippen LogP contribution in [0, 0.1) is 0 Å². The van der Waals surface area contributed by atoms with Gasteiger partial charge in [-0.15, -0.1) is 21.5 Å². The zero-order valence-electron chi connectivity index (χ0n) is 15.4. The van der Waals surface area contributed by atoms with Crippen molar-refractivity contribution in [1.29, 1.82) is 0 Å². The van der Waals surface area contributed by atoms with Crippen molar-refractivity contribution in [3.63, 3.8) is 0 Å². The number of aromatic nitrogens is 4. The van der Waals surface area contributed by atoms with Crippen molar-refractivity contribution >= 4 is 39.0 Å². The van der Waals surface area contributed by atoms with Crippen molar-refractivity contribution in [2.24, 2.45) is 0 Å². The van der Waals surface area contributed by atoms with Crippen LogP contribution in [0.1, 0.15) is 43.0 Å². The SMILES string of the molecule is CCCCSc1nnc2c3c4c(sc3nc(-c3ccccc3)n12)CCCC4. The highest BCUT2D eigenvalue weighted by Gasteiger charge is 2.23. The molecule has 0 radical (unpaired) electrons. The van der Waals surface area contributed by atoms with E-state index in [0.717, 1.165) is 39.2 Å². The standard InChI is InChI=1S/C21H22N4S2/c1-2-3-13-26-21-24-23-19-17-15-11-7-8-12-16(15)27-20(17)22-18(25(19)21)14-9-5-4-6-10-14/h4-6,9-10H,2-3,7-8,11-13H2,1H3. The second-order valence-electron chi connectivity index (χ2n) is 7.04. The lowest BCUT2D eigenvalue weighted by Gasteiger charge is -2.11. The second-order valence-corrected chi connectivity index (χ2v) is 9.18. The van der Waals surface area contributed by atoms with E-state index in [-0.39, 0.29) is 0 Å². The Morgan fingerprint density at radius 1 is 1.11 bits per heavy atom. The smallest absolute Gasteiger partial charge is 0.197 e. The molecule has 0 atom stereocenters. The number of hydrogen-bond acceptors (Lipinski definition) is 5. The molecule has 5 rings (SSSR count). The molecule has 3 heterocycles. The summed E-state index contributed by atoms with van der Waals surface area (Å²) in [6.45, 7) is 2.22. The van der Waals surface area contributed by atoms with Gasteiger partial charge in [-0.3, -0.25) is 4.40 Å². The molecule has 6 heteroatoms. The number of thioether (sulfide) groups is 1. The van der Waals surface area contributed by atoms with Crippen LogP contribution in [0.25, 0.3) is 27.3 Å². The lowest BCUT2D eigenvalue weighted by Crippen LogP contribution is -2.01. The second kappa shape index (κ2) is 7.24. The summed E-state index contributed by atoms with van der Waals surface area (Å²) >= 11 is 3.65. The van der Waals surface area contributed by atoms with Gasteiger partial charge in [0.2, 0.25) is 0 Å². The molecule has 0 fully saturated rings. The fourth-order valence-corrected chi connectivity index (χ4v) is 6.08. The van der Waals surface area contributed by atoms with Crippen molar-refractivity contribution < 1.29 is 0 Å². The van der Waals surface area contributed by atoms with Gasteiger partial charge < -0.3 is 0 Å². The molecule has 3 aromatic heterocycles. The van der Waals surface area contributed by atoms with Gasteiger partial charge in [-0.05, 0) is 37.7 Å². The Morgan fingerprint density at radius 2 is 1.96 bits per heavy atom. The van der Waals surface area contributed by atoms with Crippen LogP contribution in [0.3, 0.4) is 0 Å². The van der Waals surface area contributed by atoms with Gasteiger partial charge in [0.05, 0.1) is 5.39 Å². The number of unbranched alkanes of at least 4 members (excludes halogenated alkanes) is 1. The third kappa shape index (κ3) is 2.95. The third-order valence-corrected chi connectivity index (χ3v) is 7.39. The average molecular weight is 395 g/mol. The van der Waals surface area contributed by atoms with E-state index in [9.17, 15) is 0 Å². The summed E-state index contributed by atoms with van der Waals surface area (Å²) in [4.78, 5) is 7.74. The van der Waals surface area contributed by atoms with Crippen molar-refractivity contribution in [2.45, 2.75) is 50.6 Å². The molecule has 1 aliphatic rings. The van der Waals surface area contributed by atoms with E-state index in [1.807, 2.05) is 17.4 Å². The summed E-state index contributed by atoms with van der Waals surface area (Å²) in [7, 11) is 0. The molecule has 4 nitrogen and oxygen atoms in total. The van der Waals surface area contributed by atoms with Crippen molar-refractivity contribution in [2.75, 3.05) is 5.75 Å². The van der Waals surface area contributed by atoms with Crippen molar-refractivity contribution in [1.82, 2.24) is 19.6 Å². The number of nitrogens with zero attached hydrogens (tertiary/aromatic N) is 4. The highest BCUT2D eigenvalue weighted by atomic mass is 32.2. The maximum atomic E-state index is 5.13. The summed E-state index contributed by atoms with van der Waals surface area (Å²) in [5, 5.41) is 11.4. The van der Waals surface area contributed by atoms with Crippen LogP contribution < -0.4 is 0 Å². The molecule has 0 spiro atoms. The van der Waals surface area contributed by atoms with Gasteiger partial charge in [0.1, 0.15) is 10.7 Å². The number of aryl methyl sites for hydroxylation is 2.